The van der Waals surface area contributed by atoms with Crippen LogP contribution in [0.3, 0.4) is 0 Å². The lowest BCUT2D eigenvalue weighted by Gasteiger charge is -2.17. The maximum absolute atomic E-state index is 9.56. The lowest BCUT2D eigenvalue weighted by Crippen LogP contribution is -2.13. The molecular formula is C22H32N6O. The smallest absolute Gasteiger partial charge is 0.205 e. The van der Waals surface area contributed by atoms with Crippen LogP contribution in [0.25, 0.3) is 11.2 Å². The van der Waals surface area contributed by atoms with Gasteiger partial charge in [-0.25, -0.2) is 15.0 Å². The second-order valence-electron chi connectivity index (χ2n) is 7.53. The fourth-order valence-electron chi connectivity index (χ4n) is 4.07. The molecule has 2 heterocycles. The van der Waals surface area contributed by atoms with E-state index in [9.17, 15) is 5.11 Å². The van der Waals surface area contributed by atoms with Crippen molar-refractivity contribution in [1.82, 2.24) is 19.5 Å². The first-order valence-electron chi connectivity index (χ1n) is 10.4. The molecule has 29 heavy (non-hydrogen) atoms. The number of rotatable bonds is 11. The molecule has 2 atom stereocenters. The quantitative estimate of drug-likeness (QED) is 0.392. The van der Waals surface area contributed by atoms with Gasteiger partial charge in [-0.1, -0.05) is 31.4 Å². The first-order valence-corrected chi connectivity index (χ1v) is 10.4. The van der Waals surface area contributed by atoms with Gasteiger partial charge in [0.1, 0.15) is 6.33 Å². The molecule has 156 valence electrons. The summed E-state index contributed by atoms with van der Waals surface area (Å²) in [5, 5.41) is 16.2. The molecule has 2 aromatic rings. The summed E-state index contributed by atoms with van der Waals surface area (Å²) in [6, 6.07) is 0.294. The molecule has 3 N–H and O–H groups in total. The number of nitrogens with one attached hydrogen (secondary N) is 2. The number of aromatic nitrogens is 4. The third-order valence-electron chi connectivity index (χ3n) is 5.62. The number of hydrogen-bond donors (Lipinski definition) is 3. The number of imidazole rings is 1. The fraction of sp³-hybridized carbons (Fsp3) is 0.500. The van der Waals surface area contributed by atoms with Crippen LogP contribution in [0.15, 0.2) is 43.3 Å². The largest absolute Gasteiger partial charge is 0.396 e. The predicted molar refractivity (Wildman–Crippen MR) is 119 cm³/mol. The maximum atomic E-state index is 9.56. The van der Waals surface area contributed by atoms with Crippen LogP contribution >= 0.6 is 0 Å². The minimum Gasteiger partial charge on any atom is -0.396 e. The van der Waals surface area contributed by atoms with Crippen molar-refractivity contribution in [2.24, 2.45) is 5.92 Å². The van der Waals surface area contributed by atoms with Gasteiger partial charge in [0.2, 0.25) is 5.95 Å². The van der Waals surface area contributed by atoms with E-state index in [0.717, 1.165) is 68.0 Å². The lowest BCUT2D eigenvalue weighted by molar-refractivity contribution is 0.226. The van der Waals surface area contributed by atoms with E-state index in [1.54, 1.807) is 12.4 Å². The summed E-state index contributed by atoms with van der Waals surface area (Å²) >= 11 is 0. The molecule has 0 radical (unpaired) electrons. The van der Waals surface area contributed by atoms with Gasteiger partial charge < -0.3 is 15.7 Å². The second kappa shape index (κ2) is 10.2. The zero-order valence-electron chi connectivity index (χ0n) is 17.3. The van der Waals surface area contributed by atoms with Crippen LogP contribution in [0, 0.1) is 5.92 Å². The van der Waals surface area contributed by atoms with E-state index in [-0.39, 0.29) is 6.61 Å². The Kier molecular flexibility index (Phi) is 7.41. The summed E-state index contributed by atoms with van der Waals surface area (Å²) in [6.07, 6.45) is 13.4. The van der Waals surface area contributed by atoms with Gasteiger partial charge in [-0.05, 0) is 50.0 Å². The molecule has 0 bridgehead atoms. The Balaban J connectivity index is 1.74. The van der Waals surface area contributed by atoms with E-state index < -0.39 is 0 Å². The minimum atomic E-state index is 0.243. The molecular weight excluding hydrogens is 364 g/mol. The second-order valence-corrected chi connectivity index (χ2v) is 7.53. The van der Waals surface area contributed by atoms with E-state index in [4.69, 9.17) is 4.98 Å². The fourth-order valence-corrected chi connectivity index (χ4v) is 4.07. The van der Waals surface area contributed by atoms with E-state index in [1.807, 2.05) is 19.2 Å². The Hall–Kier alpha value is -2.67. The van der Waals surface area contributed by atoms with Crippen molar-refractivity contribution in [2.45, 2.75) is 44.6 Å². The molecule has 1 aliphatic carbocycles. The standard InChI is InChI=1S/C22H32N6O/c1-4-8-16(5-2)9-6-7-12-24-22-27-19-20(23-3)25-15-26-21(19)28(22)18-11-10-17(13-18)14-29/h4-5,8,15,17-18,29H,1-2,6-7,9-14H2,3H3,(H,24,27)(H,23,25,26)/b16-8+. The Labute approximate surface area is 172 Å². The monoisotopic (exact) mass is 396 g/mol. The summed E-state index contributed by atoms with van der Waals surface area (Å²) in [7, 11) is 1.85. The van der Waals surface area contributed by atoms with Crippen LogP contribution < -0.4 is 10.6 Å². The first-order chi connectivity index (χ1) is 14.2. The molecule has 0 aromatic carbocycles. The summed E-state index contributed by atoms with van der Waals surface area (Å²) in [5.41, 5.74) is 2.84. The Bertz CT molecular complexity index is 872. The first kappa shape index (κ1) is 21.0. The van der Waals surface area contributed by atoms with Crippen LogP contribution in [0.2, 0.25) is 0 Å². The highest BCUT2D eigenvalue weighted by Gasteiger charge is 2.29. The summed E-state index contributed by atoms with van der Waals surface area (Å²) in [4.78, 5) is 13.6. The number of hydrogen-bond acceptors (Lipinski definition) is 6. The van der Waals surface area contributed by atoms with Crippen LogP contribution in [-0.4, -0.2) is 44.8 Å². The highest BCUT2D eigenvalue weighted by molar-refractivity contribution is 5.85. The third kappa shape index (κ3) is 4.85. The molecule has 0 amide bonds. The van der Waals surface area contributed by atoms with Crippen LogP contribution in [0.1, 0.15) is 44.6 Å². The highest BCUT2D eigenvalue weighted by Crippen LogP contribution is 2.38. The van der Waals surface area contributed by atoms with Crippen molar-refractivity contribution in [3.8, 4) is 0 Å². The molecule has 3 rings (SSSR count). The van der Waals surface area contributed by atoms with Gasteiger partial charge in [0.15, 0.2) is 17.0 Å². The molecule has 1 aliphatic rings. The number of allylic oxidation sites excluding steroid dienone is 4. The van der Waals surface area contributed by atoms with Crippen LogP contribution in [-0.2, 0) is 0 Å². The molecule has 1 fully saturated rings. The van der Waals surface area contributed by atoms with Gasteiger partial charge in [-0.2, -0.15) is 0 Å². The number of unbranched alkanes of at least 4 members (excludes halogenated alkanes) is 1. The zero-order valence-corrected chi connectivity index (χ0v) is 17.3. The van der Waals surface area contributed by atoms with E-state index in [2.05, 4.69) is 38.3 Å². The lowest BCUT2D eigenvalue weighted by atomic mass is 10.1. The Morgan fingerprint density at radius 2 is 2.17 bits per heavy atom. The highest BCUT2D eigenvalue weighted by atomic mass is 16.3. The Morgan fingerprint density at radius 3 is 2.86 bits per heavy atom. The molecule has 7 nitrogen and oxygen atoms in total. The van der Waals surface area contributed by atoms with Crippen molar-refractivity contribution in [3.05, 3.63) is 43.3 Å². The van der Waals surface area contributed by atoms with Gasteiger partial charge in [0, 0.05) is 26.2 Å². The normalized spacial score (nSPS) is 19.4. The zero-order chi connectivity index (χ0) is 20.6. The van der Waals surface area contributed by atoms with Gasteiger partial charge in [0.25, 0.3) is 0 Å². The molecule has 0 spiro atoms. The minimum absolute atomic E-state index is 0.243. The van der Waals surface area contributed by atoms with Crippen molar-refractivity contribution in [3.63, 3.8) is 0 Å². The summed E-state index contributed by atoms with van der Waals surface area (Å²) in [5.74, 6) is 1.93. The van der Waals surface area contributed by atoms with E-state index in [1.165, 1.54) is 5.57 Å². The topological polar surface area (TPSA) is 87.9 Å². The van der Waals surface area contributed by atoms with E-state index in [0.29, 0.717) is 12.0 Å². The van der Waals surface area contributed by atoms with Crippen molar-refractivity contribution >= 4 is 22.9 Å². The Morgan fingerprint density at radius 1 is 1.31 bits per heavy atom. The average Bonchev–Trinajstić information content (AvgIpc) is 3.36. The van der Waals surface area contributed by atoms with Crippen LogP contribution in [0.5, 0.6) is 0 Å². The maximum Gasteiger partial charge on any atom is 0.205 e. The van der Waals surface area contributed by atoms with Gasteiger partial charge in [0.05, 0.1) is 0 Å². The van der Waals surface area contributed by atoms with Crippen LogP contribution in [0.4, 0.5) is 11.8 Å². The number of aliphatic hydroxyl groups is 1. The third-order valence-corrected chi connectivity index (χ3v) is 5.62. The molecule has 2 unspecified atom stereocenters. The number of fused-ring (bicyclic) bond motifs is 1. The average molecular weight is 397 g/mol. The summed E-state index contributed by atoms with van der Waals surface area (Å²) < 4.78 is 2.21. The van der Waals surface area contributed by atoms with Crippen molar-refractivity contribution in [1.29, 1.82) is 0 Å². The molecule has 7 heteroatoms. The molecule has 2 aromatic heterocycles. The van der Waals surface area contributed by atoms with Gasteiger partial charge >= 0.3 is 0 Å². The van der Waals surface area contributed by atoms with Gasteiger partial charge in [-0.15, -0.1) is 0 Å². The molecule has 0 saturated heterocycles. The molecule has 0 aliphatic heterocycles. The van der Waals surface area contributed by atoms with Crippen molar-refractivity contribution in [2.75, 3.05) is 30.8 Å². The predicted octanol–water partition coefficient (Wildman–Crippen LogP) is 4.08. The molecule has 1 saturated carbocycles. The number of nitrogens with zero attached hydrogens (tertiary/aromatic N) is 4. The SMILES string of the molecule is C=C/C=C(\C=C)CCCCNc1nc2c(NC)ncnc2n1C1CCC(CO)C1. The summed E-state index contributed by atoms with van der Waals surface area (Å²) in [6.45, 7) is 8.68. The van der Waals surface area contributed by atoms with E-state index >= 15 is 0 Å². The van der Waals surface area contributed by atoms with Gasteiger partial charge in [-0.3, -0.25) is 4.57 Å². The number of aliphatic hydroxyl groups excluding tert-OH is 1. The number of anilines is 2. The van der Waals surface area contributed by atoms with Crippen molar-refractivity contribution < 1.29 is 5.11 Å².